The van der Waals surface area contributed by atoms with E-state index in [0.717, 1.165) is 12.1 Å². The van der Waals surface area contributed by atoms with Gasteiger partial charge in [0.2, 0.25) is 11.7 Å². The summed E-state index contributed by atoms with van der Waals surface area (Å²) in [5.41, 5.74) is 0.818. The summed E-state index contributed by atoms with van der Waals surface area (Å²) in [5.74, 6) is 1.66. The van der Waals surface area contributed by atoms with Crippen LogP contribution in [0.15, 0.2) is 45.9 Å². The molecule has 138 valence electrons. The Kier molecular flexibility index (Phi) is 7.85. The predicted molar refractivity (Wildman–Crippen MR) is 116 cm³/mol. The average molecular weight is 504 g/mol. The number of benzene rings is 1. The second kappa shape index (κ2) is 9.89. The third kappa shape index (κ3) is 5.68. The molecule has 2 N–H and O–H groups in total. The van der Waals surface area contributed by atoms with Crippen LogP contribution in [0.3, 0.4) is 0 Å². The quantitative estimate of drug-likeness (QED) is 0.309. The summed E-state index contributed by atoms with van der Waals surface area (Å²) in [6.45, 7) is 3.20. The molecule has 0 aliphatic heterocycles. The Labute approximate surface area is 178 Å². The van der Waals surface area contributed by atoms with Crippen LogP contribution in [0.5, 0.6) is 0 Å². The third-order valence-corrected chi connectivity index (χ3v) is 4.64. The van der Waals surface area contributed by atoms with E-state index in [4.69, 9.17) is 16.1 Å². The molecule has 0 radical (unpaired) electrons. The Hall–Kier alpha value is -1.65. The minimum atomic E-state index is 0. The lowest BCUT2D eigenvalue weighted by molar-refractivity contribution is 0.375. The number of halogens is 2. The van der Waals surface area contributed by atoms with E-state index in [2.05, 4.69) is 44.8 Å². The van der Waals surface area contributed by atoms with Gasteiger partial charge in [-0.15, -0.1) is 35.3 Å². The van der Waals surface area contributed by atoms with E-state index in [1.807, 2.05) is 12.1 Å². The van der Waals surface area contributed by atoms with Crippen LogP contribution >= 0.6 is 46.9 Å². The molecule has 2 aromatic heterocycles. The molecule has 0 spiro atoms. The van der Waals surface area contributed by atoms with Crippen LogP contribution in [-0.4, -0.2) is 23.1 Å². The molecule has 0 aliphatic rings. The standard InChI is InChI=1S/C17H18ClN5OS.HI/c1-11-6-7-14(25-11)9-20-17(19-2)21-10-15-22-16(23-24-15)12-4-3-5-13(18)8-12;/h3-8H,9-10H2,1-2H3,(H2,19,20,21);1H. The Morgan fingerprint density at radius 3 is 2.73 bits per heavy atom. The molecule has 0 saturated carbocycles. The van der Waals surface area contributed by atoms with Crippen LogP contribution in [0.25, 0.3) is 11.4 Å². The van der Waals surface area contributed by atoms with Gasteiger partial charge in [-0.05, 0) is 31.2 Å². The normalized spacial score (nSPS) is 11.1. The number of rotatable bonds is 5. The lowest BCUT2D eigenvalue weighted by Crippen LogP contribution is -2.36. The molecule has 0 aliphatic carbocycles. The Bertz CT molecular complexity index is 879. The number of nitrogens with one attached hydrogen (secondary N) is 2. The van der Waals surface area contributed by atoms with Gasteiger partial charge < -0.3 is 15.2 Å². The molecule has 3 aromatic rings. The number of thiophene rings is 1. The monoisotopic (exact) mass is 503 g/mol. The SMILES string of the molecule is CN=C(NCc1nc(-c2cccc(Cl)c2)no1)NCc1ccc(C)s1.I. The Morgan fingerprint density at radius 2 is 2.04 bits per heavy atom. The van der Waals surface area contributed by atoms with E-state index in [9.17, 15) is 0 Å². The maximum absolute atomic E-state index is 5.99. The number of guanidine groups is 1. The molecular formula is C17H19ClIN5OS. The molecule has 6 nitrogen and oxygen atoms in total. The molecule has 0 saturated heterocycles. The van der Waals surface area contributed by atoms with Gasteiger partial charge >= 0.3 is 0 Å². The molecule has 3 rings (SSSR count). The fourth-order valence-electron chi connectivity index (χ4n) is 2.20. The summed E-state index contributed by atoms with van der Waals surface area (Å²) < 4.78 is 5.27. The second-order valence-electron chi connectivity index (χ2n) is 5.31. The Balaban J connectivity index is 0.00000243. The third-order valence-electron chi connectivity index (χ3n) is 3.41. The predicted octanol–water partition coefficient (Wildman–Crippen LogP) is 4.24. The minimum absolute atomic E-state index is 0. The molecule has 0 unspecified atom stereocenters. The van der Waals surface area contributed by atoms with Crippen LogP contribution in [0, 0.1) is 6.92 Å². The fraction of sp³-hybridized carbons (Fsp3) is 0.235. The number of aromatic nitrogens is 2. The van der Waals surface area contributed by atoms with Crippen LogP contribution in [0.1, 0.15) is 15.6 Å². The lowest BCUT2D eigenvalue weighted by Gasteiger charge is -2.09. The summed E-state index contributed by atoms with van der Waals surface area (Å²) in [7, 11) is 1.72. The second-order valence-corrected chi connectivity index (χ2v) is 7.12. The van der Waals surface area contributed by atoms with Crippen molar-refractivity contribution in [2.45, 2.75) is 20.0 Å². The first-order valence-electron chi connectivity index (χ1n) is 7.72. The van der Waals surface area contributed by atoms with Gasteiger partial charge in [0.05, 0.1) is 13.1 Å². The topological polar surface area (TPSA) is 75.3 Å². The summed E-state index contributed by atoms with van der Waals surface area (Å²) in [5, 5.41) is 11.0. The summed E-state index contributed by atoms with van der Waals surface area (Å²) in [4.78, 5) is 11.1. The minimum Gasteiger partial charge on any atom is -0.352 e. The number of nitrogens with zero attached hydrogens (tertiary/aromatic N) is 3. The zero-order valence-electron chi connectivity index (χ0n) is 14.3. The van der Waals surface area contributed by atoms with E-state index in [-0.39, 0.29) is 24.0 Å². The fourth-order valence-corrected chi connectivity index (χ4v) is 3.22. The van der Waals surface area contributed by atoms with Crippen molar-refractivity contribution in [3.05, 3.63) is 57.1 Å². The van der Waals surface area contributed by atoms with Crippen molar-refractivity contribution in [3.63, 3.8) is 0 Å². The molecule has 1 aromatic carbocycles. The van der Waals surface area contributed by atoms with Gasteiger partial charge in [0.15, 0.2) is 5.96 Å². The number of aliphatic imine (C=N–C) groups is 1. The van der Waals surface area contributed by atoms with Crippen molar-refractivity contribution in [3.8, 4) is 11.4 Å². The van der Waals surface area contributed by atoms with Crippen molar-refractivity contribution >= 4 is 52.9 Å². The van der Waals surface area contributed by atoms with E-state index < -0.39 is 0 Å². The van der Waals surface area contributed by atoms with Crippen LogP contribution in [0.4, 0.5) is 0 Å². The highest BCUT2D eigenvalue weighted by molar-refractivity contribution is 14.0. The highest BCUT2D eigenvalue weighted by Crippen LogP contribution is 2.19. The molecule has 0 fully saturated rings. The highest BCUT2D eigenvalue weighted by Gasteiger charge is 2.09. The van der Waals surface area contributed by atoms with Gasteiger partial charge in [-0.3, -0.25) is 4.99 Å². The van der Waals surface area contributed by atoms with Gasteiger partial charge in [-0.2, -0.15) is 4.98 Å². The van der Waals surface area contributed by atoms with E-state index >= 15 is 0 Å². The zero-order valence-corrected chi connectivity index (χ0v) is 18.2. The summed E-state index contributed by atoms with van der Waals surface area (Å²) in [6.07, 6.45) is 0. The van der Waals surface area contributed by atoms with Crippen LogP contribution < -0.4 is 10.6 Å². The first kappa shape index (κ1) is 20.7. The van der Waals surface area contributed by atoms with Gasteiger partial charge in [0, 0.05) is 27.4 Å². The largest absolute Gasteiger partial charge is 0.352 e. The number of hydrogen-bond acceptors (Lipinski definition) is 5. The first-order chi connectivity index (χ1) is 12.1. The zero-order chi connectivity index (χ0) is 17.6. The van der Waals surface area contributed by atoms with Gasteiger partial charge in [-0.1, -0.05) is 28.9 Å². The lowest BCUT2D eigenvalue weighted by atomic mass is 10.2. The maximum Gasteiger partial charge on any atom is 0.246 e. The molecule has 26 heavy (non-hydrogen) atoms. The van der Waals surface area contributed by atoms with Crippen LogP contribution in [-0.2, 0) is 13.1 Å². The van der Waals surface area contributed by atoms with Crippen molar-refractivity contribution in [1.82, 2.24) is 20.8 Å². The van der Waals surface area contributed by atoms with Crippen molar-refractivity contribution in [1.29, 1.82) is 0 Å². The average Bonchev–Trinajstić information content (AvgIpc) is 3.24. The molecule has 0 atom stereocenters. The van der Waals surface area contributed by atoms with Crippen molar-refractivity contribution in [2.75, 3.05) is 7.05 Å². The van der Waals surface area contributed by atoms with Crippen LogP contribution in [0.2, 0.25) is 5.02 Å². The van der Waals surface area contributed by atoms with E-state index in [1.54, 1.807) is 30.5 Å². The summed E-state index contributed by atoms with van der Waals surface area (Å²) in [6, 6.07) is 11.6. The first-order valence-corrected chi connectivity index (χ1v) is 8.92. The van der Waals surface area contributed by atoms with Crippen molar-refractivity contribution in [2.24, 2.45) is 4.99 Å². The molecular weight excluding hydrogens is 485 g/mol. The van der Waals surface area contributed by atoms with Crippen molar-refractivity contribution < 1.29 is 4.52 Å². The van der Waals surface area contributed by atoms with Gasteiger partial charge in [-0.25, -0.2) is 0 Å². The number of hydrogen-bond donors (Lipinski definition) is 2. The van der Waals surface area contributed by atoms with Gasteiger partial charge in [0.25, 0.3) is 0 Å². The van der Waals surface area contributed by atoms with E-state index in [0.29, 0.717) is 29.2 Å². The van der Waals surface area contributed by atoms with Gasteiger partial charge in [0.1, 0.15) is 0 Å². The molecule has 0 bridgehead atoms. The molecule has 9 heteroatoms. The number of aryl methyl sites for hydroxylation is 1. The summed E-state index contributed by atoms with van der Waals surface area (Å²) >= 11 is 7.75. The highest BCUT2D eigenvalue weighted by atomic mass is 127. The maximum atomic E-state index is 5.99. The Morgan fingerprint density at radius 1 is 1.23 bits per heavy atom. The molecule has 0 amide bonds. The smallest absolute Gasteiger partial charge is 0.246 e. The van der Waals surface area contributed by atoms with E-state index in [1.165, 1.54) is 9.75 Å². The molecule has 2 heterocycles.